The first-order chi connectivity index (χ1) is 8.99. The van der Waals surface area contributed by atoms with Gasteiger partial charge in [0.15, 0.2) is 0 Å². The molecule has 0 saturated heterocycles. The minimum atomic E-state index is -1.11. The number of aryl methyl sites for hydroxylation is 2. The van der Waals surface area contributed by atoms with E-state index in [-0.39, 0.29) is 5.91 Å². The summed E-state index contributed by atoms with van der Waals surface area (Å²) >= 11 is 0. The molecule has 0 fully saturated rings. The lowest BCUT2D eigenvalue weighted by Crippen LogP contribution is -2.57. The fraction of sp³-hybridized carbons (Fsp3) is 0.571. The van der Waals surface area contributed by atoms with Crippen molar-refractivity contribution in [2.75, 3.05) is 0 Å². The van der Waals surface area contributed by atoms with Crippen molar-refractivity contribution in [3.05, 3.63) is 23.0 Å². The molecule has 0 saturated carbocycles. The van der Waals surface area contributed by atoms with Crippen molar-refractivity contribution in [3.8, 4) is 0 Å². The number of aliphatic carboxylic acids is 1. The van der Waals surface area contributed by atoms with E-state index in [4.69, 9.17) is 0 Å². The Labute approximate surface area is 118 Å². The Kier molecular flexibility index (Phi) is 4.17. The number of hydrogen-bond donors (Lipinski definition) is 2. The molecule has 6 nitrogen and oxygen atoms in total. The van der Waals surface area contributed by atoms with Crippen molar-refractivity contribution in [2.24, 2.45) is 5.41 Å². The SMILES string of the molecule is Cc1cc(C(=O)NC(C)(C)C(C)(C)C(=O)O)c(C)nn1. The smallest absolute Gasteiger partial charge is 0.311 e. The average molecular weight is 279 g/mol. The zero-order chi connectivity index (χ0) is 15.7. The highest BCUT2D eigenvalue weighted by atomic mass is 16.4. The van der Waals surface area contributed by atoms with E-state index in [0.717, 1.165) is 0 Å². The number of carbonyl (C=O) groups excluding carboxylic acids is 1. The summed E-state index contributed by atoms with van der Waals surface area (Å²) in [5, 5.41) is 19.8. The Hall–Kier alpha value is -1.98. The summed E-state index contributed by atoms with van der Waals surface area (Å²) < 4.78 is 0. The molecule has 6 heteroatoms. The maximum Gasteiger partial charge on any atom is 0.311 e. The number of carbonyl (C=O) groups is 2. The summed E-state index contributed by atoms with van der Waals surface area (Å²) in [5.74, 6) is -1.32. The Morgan fingerprint density at radius 2 is 1.70 bits per heavy atom. The number of nitrogens with one attached hydrogen (secondary N) is 1. The molecule has 0 spiro atoms. The first-order valence-corrected chi connectivity index (χ1v) is 6.36. The number of amides is 1. The van der Waals surface area contributed by atoms with Crippen LogP contribution in [0.5, 0.6) is 0 Å². The normalized spacial score (nSPS) is 12.1. The quantitative estimate of drug-likeness (QED) is 0.875. The predicted molar refractivity (Wildman–Crippen MR) is 74.5 cm³/mol. The third-order valence-corrected chi connectivity index (χ3v) is 3.87. The zero-order valence-corrected chi connectivity index (χ0v) is 12.7. The molecule has 0 aliphatic heterocycles. The van der Waals surface area contributed by atoms with Gasteiger partial charge in [-0.2, -0.15) is 10.2 Å². The molecular weight excluding hydrogens is 258 g/mol. The molecule has 1 rings (SSSR count). The van der Waals surface area contributed by atoms with Gasteiger partial charge in [-0.1, -0.05) is 0 Å². The van der Waals surface area contributed by atoms with Crippen LogP contribution in [0.1, 0.15) is 49.4 Å². The first-order valence-electron chi connectivity index (χ1n) is 6.36. The molecule has 0 aliphatic carbocycles. The highest BCUT2D eigenvalue weighted by Crippen LogP contribution is 2.31. The molecule has 1 aromatic rings. The van der Waals surface area contributed by atoms with Gasteiger partial charge in [-0.15, -0.1) is 0 Å². The van der Waals surface area contributed by atoms with Crippen LogP contribution < -0.4 is 5.32 Å². The minimum absolute atomic E-state index is 0.347. The highest BCUT2D eigenvalue weighted by Gasteiger charge is 2.44. The molecule has 1 heterocycles. The molecule has 2 N–H and O–H groups in total. The van der Waals surface area contributed by atoms with Gasteiger partial charge in [0, 0.05) is 0 Å². The Morgan fingerprint density at radius 1 is 1.15 bits per heavy atom. The largest absolute Gasteiger partial charge is 0.481 e. The van der Waals surface area contributed by atoms with Gasteiger partial charge in [-0.05, 0) is 47.6 Å². The minimum Gasteiger partial charge on any atom is -0.481 e. The van der Waals surface area contributed by atoms with E-state index >= 15 is 0 Å². The van der Waals surface area contributed by atoms with Crippen LogP contribution in [0.2, 0.25) is 0 Å². The van der Waals surface area contributed by atoms with E-state index in [1.54, 1.807) is 47.6 Å². The zero-order valence-electron chi connectivity index (χ0n) is 12.7. The van der Waals surface area contributed by atoms with Gasteiger partial charge in [0.05, 0.1) is 27.9 Å². The maximum atomic E-state index is 12.3. The molecular formula is C14H21N3O3. The molecule has 0 aromatic carbocycles. The van der Waals surface area contributed by atoms with Gasteiger partial charge in [0.2, 0.25) is 0 Å². The molecule has 0 atom stereocenters. The standard InChI is InChI=1S/C14H21N3O3/c1-8-7-10(9(2)17-16-8)11(18)15-14(5,6)13(3,4)12(19)20/h7H,1-6H3,(H,15,18)(H,19,20). The Balaban J connectivity index is 3.06. The molecule has 0 aliphatic rings. The number of hydrogen-bond acceptors (Lipinski definition) is 4. The summed E-state index contributed by atoms with van der Waals surface area (Å²) in [6.07, 6.45) is 0. The highest BCUT2D eigenvalue weighted by molar-refractivity contribution is 5.96. The predicted octanol–water partition coefficient (Wildman–Crippen LogP) is 1.71. The van der Waals surface area contributed by atoms with Crippen LogP contribution >= 0.6 is 0 Å². The topological polar surface area (TPSA) is 92.2 Å². The third kappa shape index (κ3) is 2.95. The van der Waals surface area contributed by atoms with Gasteiger partial charge in [0.1, 0.15) is 0 Å². The fourth-order valence-electron chi connectivity index (χ4n) is 1.55. The second-order valence-corrected chi connectivity index (χ2v) is 5.99. The van der Waals surface area contributed by atoms with Crippen molar-refractivity contribution < 1.29 is 14.7 Å². The summed E-state index contributed by atoms with van der Waals surface area (Å²) in [6.45, 7) is 9.98. The Bertz CT molecular complexity index is 551. The molecule has 110 valence electrons. The average Bonchev–Trinajstić information content (AvgIpc) is 2.31. The second kappa shape index (κ2) is 5.19. The van der Waals surface area contributed by atoms with E-state index in [1.165, 1.54) is 0 Å². The van der Waals surface area contributed by atoms with E-state index in [9.17, 15) is 14.7 Å². The van der Waals surface area contributed by atoms with Gasteiger partial charge in [-0.3, -0.25) is 9.59 Å². The van der Waals surface area contributed by atoms with Crippen molar-refractivity contribution in [1.82, 2.24) is 15.5 Å². The van der Waals surface area contributed by atoms with E-state index in [2.05, 4.69) is 15.5 Å². The molecule has 0 radical (unpaired) electrons. The molecule has 1 aromatic heterocycles. The third-order valence-electron chi connectivity index (χ3n) is 3.87. The van der Waals surface area contributed by atoms with Gasteiger partial charge >= 0.3 is 5.97 Å². The van der Waals surface area contributed by atoms with E-state index < -0.39 is 16.9 Å². The molecule has 0 unspecified atom stereocenters. The first kappa shape index (κ1) is 16.1. The van der Waals surface area contributed by atoms with Crippen LogP contribution in [-0.2, 0) is 4.79 Å². The lowest BCUT2D eigenvalue weighted by Gasteiger charge is -2.38. The molecule has 0 bridgehead atoms. The number of carboxylic acids is 1. The second-order valence-electron chi connectivity index (χ2n) is 5.99. The monoisotopic (exact) mass is 279 g/mol. The van der Waals surface area contributed by atoms with Crippen LogP contribution in [0, 0.1) is 19.3 Å². The maximum absolute atomic E-state index is 12.3. The van der Waals surface area contributed by atoms with Crippen LogP contribution in [0.3, 0.4) is 0 Å². The van der Waals surface area contributed by atoms with Crippen LogP contribution in [0.25, 0.3) is 0 Å². The van der Waals surface area contributed by atoms with Crippen molar-refractivity contribution >= 4 is 11.9 Å². The van der Waals surface area contributed by atoms with Crippen molar-refractivity contribution in [3.63, 3.8) is 0 Å². The van der Waals surface area contributed by atoms with Crippen LogP contribution in [0.4, 0.5) is 0 Å². The lowest BCUT2D eigenvalue weighted by molar-refractivity contribution is -0.150. The number of aromatic nitrogens is 2. The Morgan fingerprint density at radius 3 is 2.20 bits per heavy atom. The number of rotatable bonds is 4. The number of nitrogens with zero attached hydrogens (tertiary/aromatic N) is 2. The van der Waals surface area contributed by atoms with Gasteiger partial charge in [0.25, 0.3) is 5.91 Å². The van der Waals surface area contributed by atoms with Crippen LogP contribution in [-0.4, -0.2) is 32.7 Å². The summed E-state index contributed by atoms with van der Waals surface area (Å²) in [7, 11) is 0. The fourth-order valence-corrected chi connectivity index (χ4v) is 1.55. The summed E-state index contributed by atoms with van der Waals surface area (Å²) in [5.41, 5.74) is -0.467. The number of carboxylic acid groups (broad SMARTS) is 1. The van der Waals surface area contributed by atoms with Crippen LogP contribution in [0.15, 0.2) is 6.07 Å². The summed E-state index contributed by atoms with van der Waals surface area (Å²) in [4.78, 5) is 23.7. The van der Waals surface area contributed by atoms with Gasteiger partial charge < -0.3 is 10.4 Å². The van der Waals surface area contributed by atoms with Crippen molar-refractivity contribution in [2.45, 2.75) is 47.1 Å². The van der Waals surface area contributed by atoms with E-state index in [1.807, 2.05) is 0 Å². The van der Waals surface area contributed by atoms with Gasteiger partial charge in [-0.25, -0.2) is 0 Å². The van der Waals surface area contributed by atoms with E-state index in [0.29, 0.717) is 17.0 Å². The molecule has 1 amide bonds. The summed E-state index contributed by atoms with van der Waals surface area (Å²) in [6, 6.07) is 1.64. The lowest BCUT2D eigenvalue weighted by atomic mass is 9.74. The molecule has 20 heavy (non-hydrogen) atoms. The van der Waals surface area contributed by atoms with Crippen molar-refractivity contribution in [1.29, 1.82) is 0 Å².